The number of aliphatic carboxylic acids is 1. The van der Waals surface area contributed by atoms with Crippen molar-refractivity contribution in [2.24, 2.45) is 121 Å². The summed E-state index contributed by atoms with van der Waals surface area (Å²) in [5.41, 5.74) is 84.2. The van der Waals surface area contributed by atoms with Gasteiger partial charge < -0.3 is 149 Å². The zero-order valence-corrected chi connectivity index (χ0v) is 59.4. The number of nitrogens with one attached hydrogen (secondary N) is 10. The number of benzene rings is 1. The van der Waals surface area contributed by atoms with E-state index in [0.29, 0.717) is 5.56 Å². The molecule has 42 N–H and O–H groups in total. The molecule has 0 aliphatic rings. The molecule has 0 fully saturated rings. The summed E-state index contributed by atoms with van der Waals surface area (Å²) in [7, 11) is 0. The van der Waals surface area contributed by atoms with E-state index in [1.807, 2.05) is 0 Å². The van der Waals surface area contributed by atoms with Crippen molar-refractivity contribution < 1.29 is 63.0 Å². The van der Waals surface area contributed by atoms with E-state index < -0.39 is 132 Å². The lowest BCUT2D eigenvalue weighted by atomic mass is 10.0. The lowest BCUT2D eigenvalue weighted by molar-refractivity contribution is -0.142. The summed E-state index contributed by atoms with van der Waals surface area (Å²) >= 11 is 0. The minimum absolute atomic E-state index is 0.00316. The van der Waals surface area contributed by atoms with E-state index >= 15 is 0 Å². The first kappa shape index (κ1) is 91.1. The number of carboxylic acids is 1. The highest BCUT2D eigenvalue weighted by molar-refractivity contribution is 5.99. The molecule has 1 rings (SSSR count). The standard InChI is InChI=1S/C60H110N32O13/c1-30(83-44(95)31(2)85-46(97)35(61)29-33-18-20-34(93)21-19-33)43(94)84-32(3)45(96)86-36(11-4-22-76-54(62)63)47(98)87-37(12-5-23-77-55(64)65)48(99)88-38(13-6-24-78-56(66)67)49(100)89-39(14-7-25-79-57(68)69)50(101)90-40(15-8-26-80-58(70)71)51(102)91-41(16-9-27-81-59(72)73)52(103)92-42(53(104)105)17-10-28-82-60(74)75/h18-21,30-32,35-42,93H,4-17,22-29,61H2,1-3H3,(H,83,95)(H,84,94)(H,85,97)(H,86,96)(H,87,98)(H,88,99)(H,89,100)(H,90,101)(H,91,102)(H,92,103)(H,104,105)(H4,62,63,76)(H4,64,65,77)(H4,66,67,78)(H4,68,69,79)(H4,70,71,80)(H4,72,73,81)(H4,74,75,82)/t30-,31-,32-,35-,36-,37-,38-,39-,40-,41-,42-/m0/s1. The molecule has 0 spiro atoms. The van der Waals surface area contributed by atoms with Crippen LogP contribution < -0.4 is 139 Å². The number of aliphatic imine (C=N–C) groups is 7. The maximum Gasteiger partial charge on any atom is 0.326 e. The number of hydrogen-bond donors (Lipinski definition) is 27. The lowest BCUT2D eigenvalue weighted by Crippen LogP contribution is -2.60. The van der Waals surface area contributed by atoms with Crippen molar-refractivity contribution in [3.05, 3.63) is 29.8 Å². The average molecular weight is 1490 g/mol. The van der Waals surface area contributed by atoms with Gasteiger partial charge in [0.05, 0.1) is 6.04 Å². The monoisotopic (exact) mass is 1490 g/mol. The molecular formula is C60H110N32O13. The molecule has 0 aliphatic carbocycles. The SMILES string of the molecule is C[C@H](NC(=O)[C@H](C)NC(=O)[C@@H](N)Cc1ccc(O)cc1)C(=O)N[C@@H](C)C(=O)N[C@@H](CCCN=C(N)N)C(=O)N[C@@H](CCCN=C(N)N)C(=O)N[C@@H](CCCN=C(N)N)C(=O)N[C@@H](CCCN=C(N)N)C(=O)N[C@@H](CCCN=C(N)N)C(=O)N[C@@H](CCCN=C(N)N)C(=O)N[C@@H](CCCN=C(N)N)C(=O)O. The van der Waals surface area contributed by atoms with Crippen LogP contribution in [0.25, 0.3) is 0 Å². The van der Waals surface area contributed by atoms with Crippen molar-refractivity contribution in [1.82, 2.24) is 53.2 Å². The fourth-order valence-corrected chi connectivity index (χ4v) is 9.50. The fraction of sp³-hybridized carbons (Fsp3) is 0.600. The molecular weight excluding hydrogens is 1380 g/mol. The van der Waals surface area contributed by atoms with Gasteiger partial charge in [0.15, 0.2) is 41.7 Å². The highest BCUT2D eigenvalue weighted by Crippen LogP contribution is 2.13. The van der Waals surface area contributed by atoms with Crippen LogP contribution in [0, 0.1) is 0 Å². The molecule has 45 nitrogen and oxygen atoms in total. The quantitative estimate of drug-likeness (QED) is 0.0164. The van der Waals surface area contributed by atoms with Crippen molar-refractivity contribution in [2.75, 3.05) is 45.8 Å². The normalized spacial score (nSPS) is 13.8. The van der Waals surface area contributed by atoms with Gasteiger partial charge in [-0.1, -0.05) is 12.1 Å². The van der Waals surface area contributed by atoms with Crippen LogP contribution in [0.4, 0.5) is 0 Å². The Kier molecular flexibility index (Phi) is 43.0. The molecule has 0 saturated carbocycles. The Bertz CT molecular complexity index is 3210. The van der Waals surface area contributed by atoms with Crippen LogP contribution >= 0.6 is 0 Å². The second kappa shape index (κ2) is 49.6. The van der Waals surface area contributed by atoms with Crippen molar-refractivity contribution in [3.8, 4) is 5.75 Å². The van der Waals surface area contributed by atoms with Gasteiger partial charge in [-0.05, 0) is 135 Å². The lowest BCUT2D eigenvalue weighted by Gasteiger charge is -2.28. The molecule has 45 heteroatoms. The van der Waals surface area contributed by atoms with Gasteiger partial charge >= 0.3 is 5.97 Å². The van der Waals surface area contributed by atoms with Crippen LogP contribution in [0.5, 0.6) is 5.75 Å². The molecule has 0 saturated heterocycles. The van der Waals surface area contributed by atoms with Crippen molar-refractivity contribution in [2.45, 2.75) is 184 Å². The maximum absolute atomic E-state index is 14.8. The summed E-state index contributed by atoms with van der Waals surface area (Å²) in [6, 6.07) is -9.62. The number of amides is 10. The van der Waals surface area contributed by atoms with Crippen LogP contribution in [-0.4, -0.2) is 229 Å². The highest BCUT2D eigenvalue weighted by atomic mass is 16.4. The van der Waals surface area contributed by atoms with Crippen molar-refractivity contribution >= 4 is 107 Å². The van der Waals surface area contributed by atoms with Crippen molar-refractivity contribution in [3.63, 3.8) is 0 Å². The first-order valence-electron chi connectivity index (χ1n) is 33.6. The molecule has 0 heterocycles. The summed E-state index contributed by atoms with van der Waals surface area (Å²) in [6.45, 7) is 3.59. The number of carbonyl (C=O) groups is 11. The number of rotatable bonds is 51. The largest absolute Gasteiger partial charge is 0.508 e. The molecule has 1 aromatic rings. The number of nitrogens with two attached hydrogens (primary N) is 15. The van der Waals surface area contributed by atoms with Gasteiger partial charge in [-0.3, -0.25) is 82.9 Å². The molecule has 11 atom stereocenters. The van der Waals surface area contributed by atoms with Crippen LogP contribution in [0.2, 0.25) is 0 Å². The van der Waals surface area contributed by atoms with Gasteiger partial charge in [0.25, 0.3) is 0 Å². The molecule has 0 radical (unpaired) electrons. The molecule has 0 aliphatic heterocycles. The third kappa shape index (κ3) is 40.9. The third-order valence-corrected chi connectivity index (χ3v) is 15.0. The number of nitrogens with zero attached hydrogens (tertiary/aromatic N) is 7. The van der Waals surface area contributed by atoms with E-state index in [0.717, 1.165) is 0 Å². The second-order valence-corrected chi connectivity index (χ2v) is 24.1. The van der Waals surface area contributed by atoms with E-state index in [2.05, 4.69) is 88.1 Å². The van der Waals surface area contributed by atoms with Gasteiger partial charge in [0.1, 0.15) is 66.2 Å². The minimum Gasteiger partial charge on any atom is -0.508 e. The van der Waals surface area contributed by atoms with E-state index in [1.165, 1.54) is 32.9 Å². The third-order valence-electron chi connectivity index (χ3n) is 15.0. The topological polar surface area (TPSA) is 825 Å². The van der Waals surface area contributed by atoms with Crippen LogP contribution in [0.3, 0.4) is 0 Å². The number of carboxylic acid groups (broad SMARTS) is 1. The fourth-order valence-electron chi connectivity index (χ4n) is 9.50. The maximum atomic E-state index is 14.8. The van der Waals surface area contributed by atoms with Gasteiger partial charge in [0.2, 0.25) is 59.1 Å². The zero-order valence-electron chi connectivity index (χ0n) is 59.4. The Hall–Kier alpha value is -12.0. The van der Waals surface area contributed by atoms with Crippen LogP contribution in [0.1, 0.15) is 116 Å². The Balaban J connectivity index is 3.79. The minimum atomic E-state index is -1.58. The Morgan fingerprint density at radius 2 is 0.495 bits per heavy atom. The summed E-state index contributed by atoms with van der Waals surface area (Å²) in [4.78, 5) is 180. The average Bonchev–Trinajstić information content (AvgIpc) is 0.857. The summed E-state index contributed by atoms with van der Waals surface area (Å²) in [5, 5.41) is 45.0. The Labute approximate surface area is 606 Å². The summed E-state index contributed by atoms with van der Waals surface area (Å²) < 4.78 is 0. The second-order valence-electron chi connectivity index (χ2n) is 24.1. The molecule has 0 aromatic heterocycles. The van der Waals surface area contributed by atoms with E-state index in [1.54, 1.807) is 12.1 Å². The van der Waals surface area contributed by atoms with Crippen LogP contribution in [0.15, 0.2) is 59.2 Å². The number of phenols is 1. The number of hydrogen-bond acceptors (Lipinski definition) is 20. The Morgan fingerprint density at radius 3 is 0.714 bits per heavy atom. The predicted octanol–water partition coefficient (Wildman–Crippen LogP) is -11.4. The van der Waals surface area contributed by atoms with Crippen LogP contribution in [-0.2, 0) is 59.2 Å². The number of carbonyl (C=O) groups excluding carboxylic acids is 10. The van der Waals surface area contributed by atoms with Gasteiger partial charge in [-0.2, -0.15) is 0 Å². The first-order chi connectivity index (χ1) is 49.4. The zero-order chi connectivity index (χ0) is 79.3. The molecule has 0 bridgehead atoms. The van der Waals surface area contributed by atoms with E-state index in [-0.39, 0.29) is 190 Å². The van der Waals surface area contributed by atoms with E-state index in [9.17, 15) is 63.0 Å². The first-order valence-corrected chi connectivity index (χ1v) is 33.6. The summed E-state index contributed by atoms with van der Waals surface area (Å²) in [5.74, 6) is -12.5. The highest BCUT2D eigenvalue weighted by Gasteiger charge is 2.35. The molecule has 0 unspecified atom stereocenters. The number of guanidine groups is 7. The van der Waals surface area contributed by atoms with Gasteiger partial charge in [0, 0.05) is 45.8 Å². The molecule has 105 heavy (non-hydrogen) atoms. The number of aromatic hydroxyl groups is 1. The summed E-state index contributed by atoms with van der Waals surface area (Å²) in [6.07, 6.45) is -1.00. The molecule has 1 aromatic carbocycles. The number of phenolic OH excluding ortho intramolecular Hbond substituents is 1. The predicted molar refractivity (Wildman–Crippen MR) is 393 cm³/mol. The molecule has 10 amide bonds. The molecule has 588 valence electrons. The van der Waals surface area contributed by atoms with Gasteiger partial charge in [-0.15, -0.1) is 0 Å². The van der Waals surface area contributed by atoms with E-state index in [4.69, 9.17) is 86.0 Å². The van der Waals surface area contributed by atoms with Crippen molar-refractivity contribution in [1.29, 1.82) is 0 Å². The Morgan fingerprint density at radius 1 is 0.305 bits per heavy atom. The van der Waals surface area contributed by atoms with Gasteiger partial charge in [-0.25, -0.2) is 4.79 Å². The smallest absolute Gasteiger partial charge is 0.326 e.